The van der Waals surface area contributed by atoms with Crippen LogP contribution in [-0.4, -0.2) is 19.9 Å². The molecule has 1 aromatic carbocycles. The molecule has 0 aliphatic carbocycles. The number of fused-ring (bicyclic) bond motifs is 1. The standard InChI is InChI=1S/C14H15N3O2S2/c15-6-5-9-8-17-14-12(9)7-13(20-14)21(18,19)11-3-1-10(16)2-4-11/h1-4,7-8,17H,5-6,15-16H2. The highest BCUT2D eigenvalue weighted by molar-refractivity contribution is 7.93. The summed E-state index contributed by atoms with van der Waals surface area (Å²) >= 11 is 1.23. The van der Waals surface area contributed by atoms with Crippen molar-refractivity contribution in [2.45, 2.75) is 15.5 Å². The predicted molar refractivity (Wildman–Crippen MR) is 85.2 cm³/mol. The van der Waals surface area contributed by atoms with Crippen LogP contribution in [0.3, 0.4) is 0 Å². The second-order valence-electron chi connectivity index (χ2n) is 4.73. The van der Waals surface area contributed by atoms with Crippen molar-refractivity contribution in [1.82, 2.24) is 4.98 Å². The summed E-state index contributed by atoms with van der Waals surface area (Å²) in [5, 5.41) is 0.930. The molecular formula is C14H15N3O2S2. The van der Waals surface area contributed by atoms with E-state index in [1.165, 1.54) is 23.5 Å². The second-order valence-corrected chi connectivity index (χ2v) is 7.96. The van der Waals surface area contributed by atoms with E-state index in [2.05, 4.69) is 4.98 Å². The molecule has 3 rings (SSSR count). The molecule has 0 aliphatic rings. The van der Waals surface area contributed by atoms with Gasteiger partial charge in [-0.15, -0.1) is 11.3 Å². The van der Waals surface area contributed by atoms with Crippen LogP contribution >= 0.6 is 11.3 Å². The minimum Gasteiger partial charge on any atom is -0.399 e. The summed E-state index contributed by atoms with van der Waals surface area (Å²) in [6.07, 6.45) is 2.60. The highest BCUT2D eigenvalue weighted by atomic mass is 32.2. The van der Waals surface area contributed by atoms with E-state index in [0.717, 1.165) is 22.2 Å². The minimum absolute atomic E-state index is 0.251. The maximum Gasteiger partial charge on any atom is 0.216 e. The molecule has 5 nitrogen and oxygen atoms in total. The molecule has 0 unspecified atom stereocenters. The Morgan fingerprint density at radius 1 is 1.19 bits per heavy atom. The highest BCUT2D eigenvalue weighted by Gasteiger charge is 2.21. The van der Waals surface area contributed by atoms with Gasteiger partial charge in [-0.2, -0.15) is 0 Å². The molecule has 3 aromatic rings. The first kappa shape index (κ1) is 14.1. The largest absolute Gasteiger partial charge is 0.399 e. The fourth-order valence-electron chi connectivity index (χ4n) is 2.20. The summed E-state index contributed by atoms with van der Waals surface area (Å²) in [7, 11) is -3.51. The number of hydrogen-bond donors (Lipinski definition) is 3. The van der Waals surface area contributed by atoms with Crippen molar-refractivity contribution in [2.75, 3.05) is 12.3 Å². The topological polar surface area (TPSA) is 102 Å². The number of rotatable bonds is 4. The lowest BCUT2D eigenvalue weighted by molar-refractivity contribution is 0.598. The summed E-state index contributed by atoms with van der Waals surface area (Å²) in [4.78, 5) is 4.21. The minimum atomic E-state index is -3.51. The summed E-state index contributed by atoms with van der Waals surface area (Å²) < 4.78 is 25.6. The van der Waals surface area contributed by atoms with Gasteiger partial charge in [0, 0.05) is 17.3 Å². The van der Waals surface area contributed by atoms with E-state index in [1.807, 2.05) is 6.20 Å². The molecule has 0 fully saturated rings. The number of nitrogens with two attached hydrogens (primary N) is 2. The average molecular weight is 321 g/mol. The van der Waals surface area contributed by atoms with Crippen LogP contribution in [0.5, 0.6) is 0 Å². The van der Waals surface area contributed by atoms with Gasteiger partial charge < -0.3 is 16.5 Å². The Hall–Kier alpha value is -1.83. The zero-order valence-corrected chi connectivity index (χ0v) is 12.8. The first-order valence-electron chi connectivity index (χ1n) is 6.43. The van der Waals surface area contributed by atoms with Gasteiger partial charge in [-0.25, -0.2) is 8.42 Å². The molecule has 21 heavy (non-hydrogen) atoms. The van der Waals surface area contributed by atoms with Crippen LogP contribution in [-0.2, 0) is 16.3 Å². The Bertz CT molecular complexity index is 877. The normalized spacial score (nSPS) is 12.0. The number of aromatic nitrogens is 1. The van der Waals surface area contributed by atoms with Gasteiger partial charge in [0.2, 0.25) is 9.84 Å². The number of nitrogens with one attached hydrogen (secondary N) is 1. The first-order chi connectivity index (χ1) is 10.0. The van der Waals surface area contributed by atoms with Crippen LogP contribution in [0.25, 0.3) is 10.2 Å². The highest BCUT2D eigenvalue weighted by Crippen LogP contribution is 2.34. The van der Waals surface area contributed by atoms with Crippen LogP contribution in [0, 0.1) is 0 Å². The number of nitrogen functional groups attached to an aromatic ring is 1. The number of sulfone groups is 1. The Kier molecular flexibility index (Phi) is 3.48. The van der Waals surface area contributed by atoms with Gasteiger partial charge in [-0.05, 0) is 48.9 Å². The quantitative estimate of drug-likeness (QED) is 0.641. The van der Waals surface area contributed by atoms with Crippen molar-refractivity contribution in [3.8, 4) is 0 Å². The van der Waals surface area contributed by atoms with Crippen LogP contribution in [0.4, 0.5) is 5.69 Å². The molecule has 0 saturated heterocycles. The molecule has 110 valence electrons. The van der Waals surface area contributed by atoms with E-state index in [9.17, 15) is 8.42 Å². The van der Waals surface area contributed by atoms with Gasteiger partial charge in [-0.1, -0.05) is 0 Å². The molecule has 2 heterocycles. The molecule has 0 spiro atoms. The lowest BCUT2D eigenvalue weighted by Crippen LogP contribution is -2.02. The van der Waals surface area contributed by atoms with E-state index in [-0.39, 0.29) is 4.90 Å². The van der Waals surface area contributed by atoms with Gasteiger partial charge in [-0.3, -0.25) is 0 Å². The zero-order valence-electron chi connectivity index (χ0n) is 11.2. The average Bonchev–Trinajstić information content (AvgIpc) is 3.02. The number of aromatic amines is 1. The number of anilines is 1. The number of hydrogen-bond acceptors (Lipinski definition) is 5. The van der Waals surface area contributed by atoms with Crippen LogP contribution in [0.15, 0.2) is 45.6 Å². The van der Waals surface area contributed by atoms with Crippen molar-refractivity contribution in [3.63, 3.8) is 0 Å². The number of thiophene rings is 1. The molecule has 2 aromatic heterocycles. The van der Waals surface area contributed by atoms with Crippen molar-refractivity contribution < 1.29 is 8.42 Å². The van der Waals surface area contributed by atoms with Gasteiger partial charge >= 0.3 is 0 Å². The number of benzene rings is 1. The molecule has 5 N–H and O–H groups in total. The van der Waals surface area contributed by atoms with Crippen LogP contribution < -0.4 is 11.5 Å². The second kappa shape index (κ2) is 5.18. The number of H-pyrrole nitrogens is 1. The Morgan fingerprint density at radius 2 is 1.90 bits per heavy atom. The van der Waals surface area contributed by atoms with Gasteiger partial charge in [0.25, 0.3) is 0 Å². The van der Waals surface area contributed by atoms with E-state index < -0.39 is 9.84 Å². The van der Waals surface area contributed by atoms with E-state index in [1.54, 1.807) is 18.2 Å². The van der Waals surface area contributed by atoms with Crippen LogP contribution in [0.2, 0.25) is 0 Å². The van der Waals surface area contributed by atoms with Crippen molar-refractivity contribution in [1.29, 1.82) is 0 Å². The lowest BCUT2D eigenvalue weighted by atomic mass is 10.2. The smallest absolute Gasteiger partial charge is 0.216 e. The third-order valence-corrected chi connectivity index (χ3v) is 6.61. The fourth-order valence-corrected chi connectivity index (χ4v) is 4.98. The third-order valence-electron chi connectivity index (χ3n) is 3.30. The first-order valence-corrected chi connectivity index (χ1v) is 8.73. The molecule has 7 heteroatoms. The lowest BCUT2D eigenvalue weighted by Gasteiger charge is -2.01. The molecule has 0 radical (unpaired) electrons. The molecule has 0 saturated carbocycles. The Morgan fingerprint density at radius 3 is 2.57 bits per heavy atom. The van der Waals surface area contributed by atoms with E-state index in [4.69, 9.17) is 11.5 Å². The predicted octanol–water partition coefficient (Wildman–Crippen LogP) is 2.15. The maximum absolute atomic E-state index is 12.6. The van der Waals surface area contributed by atoms with Crippen molar-refractivity contribution >= 4 is 37.1 Å². The van der Waals surface area contributed by atoms with Gasteiger partial charge in [0.15, 0.2) is 0 Å². The Labute approximate surface area is 126 Å². The zero-order chi connectivity index (χ0) is 15.0. The molecule has 0 aliphatic heterocycles. The van der Waals surface area contributed by atoms with Crippen molar-refractivity contribution in [3.05, 3.63) is 42.1 Å². The Balaban J connectivity index is 2.08. The van der Waals surface area contributed by atoms with Crippen LogP contribution in [0.1, 0.15) is 5.56 Å². The van der Waals surface area contributed by atoms with Gasteiger partial charge in [0.05, 0.1) is 4.90 Å². The summed E-state index contributed by atoms with van der Waals surface area (Å²) in [5.74, 6) is 0. The monoisotopic (exact) mass is 321 g/mol. The summed E-state index contributed by atoms with van der Waals surface area (Å²) in [5.41, 5.74) is 12.7. The van der Waals surface area contributed by atoms with E-state index in [0.29, 0.717) is 16.4 Å². The van der Waals surface area contributed by atoms with E-state index >= 15 is 0 Å². The third kappa shape index (κ3) is 2.44. The molecule has 0 bridgehead atoms. The molecule has 0 atom stereocenters. The maximum atomic E-state index is 12.6. The molecule has 0 amide bonds. The van der Waals surface area contributed by atoms with Crippen molar-refractivity contribution in [2.24, 2.45) is 5.73 Å². The van der Waals surface area contributed by atoms with Gasteiger partial charge in [0.1, 0.15) is 9.04 Å². The molecular weight excluding hydrogens is 306 g/mol. The SMILES string of the molecule is NCCc1c[nH]c2sc(S(=O)(=O)c3ccc(N)cc3)cc12. The summed E-state index contributed by atoms with van der Waals surface area (Å²) in [6.45, 7) is 0.531. The summed E-state index contributed by atoms with van der Waals surface area (Å²) in [6, 6.07) is 7.95. The fraction of sp³-hybridized carbons (Fsp3) is 0.143.